The highest BCUT2D eigenvalue weighted by Crippen LogP contribution is 2.30. The Kier molecular flexibility index (Phi) is 6.60. The Morgan fingerprint density at radius 1 is 1.15 bits per heavy atom. The number of hydrogen-bond acceptors (Lipinski definition) is 4. The van der Waals surface area contributed by atoms with Crippen LogP contribution in [0.2, 0.25) is 0 Å². The molecule has 2 N–H and O–H groups in total. The van der Waals surface area contributed by atoms with Gasteiger partial charge in [0.05, 0.1) is 13.2 Å². The molecule has 1 aliphatic carbocycles. The maximum absolute atomic E-state index is 5.70. The van der Waals surface area contributed by atoms with Crippen molar-refractivity contribution in [2.75, 3.05) is 45.9 Å². The van der Waals surface area contributed by atoms with Crippen LogP contribution in [0.1, 0.15) is 31.2 Å². The zero-order chi connectivity index (χ0) is 17.6. The minimum absolute atomic E-state index is 0.565. The lowest BCUT2D eigenvalue weighted by Crippen LogP contribution is -2.51. The average Bonchev–Trinajstić information content (AvgIpc) is 3.35. The van der Waals surface area contributed by atoms with Crippen molar-refractivity contribution in [1.82, 2.24) is 15.5 Å². The summed E-state index contributed by atoms with van der Waals surface area (Å²) in [6.45, 7) is 7.73. The summed E-state index contributed by atoms with van der Waals surface area (Å²) < 4.78 is 5.70. The van der Waals surface area contributed by atoms with Gasteiger partial charge < -0.3 is 20.3 Å². The minimum atomic E-state index is 0.565. The summed E-state index contributed by atoms with van der Waals surface area (Å²) in [5, 5.41) is 7.63. The Hall–Kier alpha value is -0.940. The van der Waals surface area contributed by atoms with Gasteiger partial charge in [0, 0.05) is 31.7 Å². The first-order valence-electron chi connectivity index (χ1n) is 10.7. The largest absolute Gasteiger partial charge is 0.379 e. The van der Waals surface area contributed by atoms with Gasteiger partial charge in [0.1, 0.15) is 0 Å². The lowest BCUT2D eigenvalue weighted by Gasteiger charge is -2.33. The van der Waals surface area contributed by atoms with Gasteiger partial charge >= 0.3 is 0 Å². The summed E-state index contributed by atoms with van der Waals surface area (Å²) in [6, 6.07) is 12.2. The molecule has 4 unspecified atom stereocenters. The van der Waals surface area contributed by atoms with Crippen molar-refractivity contribution in [1.29, 1.82) is 0 Å². The van der Waals surface area contributed by atoms with Crippen LogP contribution in [-0.2, 0) is 11.2 Å². The molecule has 4 atom stereocenters. The topological polar surface area (TPSA) is 36.5 Å². The van der Waals surface area contributed by atoms with E-state index in [4.69, 9.17) is 4.74 Å². The highest BCUT2D eigenvalue weighted by Gasteiger charge is 2.35. The quantitative estimate of drug-likeness (QED) is 0.785. The Balaban J connectivity index is 1.18. The van der Waals surface area contributed by atoms with Gasteiger partial charge in [0.2, 0.25) is 0 Å². The van der Waals surface area contributed by atoms with Crippen molar-refractivity contribution in [2.45, 2.75) is 44.2 Å². The summed E-state index contributed by atoms with van der Waals surface area (Å²) in [4.78, 5) is 2.65. The number of benzene rings is 1. The molecule has 0 bridgehead atoms. The molecular weight excluding hydrogens is 322 g/mol. The summed E-state index contributed by atoms with van der Waals surface area (Å²) >= 11 is 0. The SMILES string of the molecule is c1ccc(CCN2CCC(CNC3CCCC3C3COCCN3)C2)cc1. The van der Waals surface area contributed by atoms with Crippen molar-refractivity contribution < 1.29 is 4.74 Å². The fourth-order valence-electron chi connectivity index (χ4n) is 5.12. The van der Waals surface area contributed by atoms with Crippen LogP contribution in [0.3, 0.4) is 0 Å². The van der Waals surface area contributed by atoms with Crippen LogP contribution in [0.4, 0.5) is 0 Å². The van der Waals surface area contributed by atoms with Crippen LogP contribution in [0.15, 0.2) is 30.3 Å². The first-order valence-corrected chi connectivity index (χ1v) is 10.7. The molecule has 0 aromatic heterocycles. The smallest absolute Gasteiger partial charge is 0.0623 e. The van der Waals surface area contributed by atoms with Crippen molar-refractivity contribution in [2.24, 2.45) is 11.8 Å². The van der Waals surface area contributed by atoms with Crippen LogP contribution in [-0.4, -0.2) is 62.9 Å². The zero-order valence-electron chi connectivity index (χ0n) is 16.0. The fourth-order valence-corrected chi connectivity index (χ4v) is 5.12. The highest BCUT2D eigenvalue weighted by molar-refractivity contribution is 5.14. The van der Waals surface area contributed by atoms with E-state index >= 15 is 0 Å². The molecule has 4 nitrogen and oxygen atoms in total. The third-order valence-corrected chi connectivity index (χ3v) is 6.63. The van der Waals surface area contributed by atoms with E-state index in [2.05, 4.69) is 45.9 Å². The van der Waals surface area contributed by atoms with E-state index in [0.29, 0.717) is 12.1 Å². The predicted molar refractivity (Wildman–Crippen MR) is 106 cm³/mol. The van der Waals surface area contributed by atoms with E-state index < -0.39 is 0 Å². The molecule has 0 spiro atoms. The molecule has 3 fully saturated rings. The highest BCUT2D eigenvalue weighted by atomic mass is 16.5. The monoisotopic (exact) mass is 357 g/mol. The summed E-state index contributed by atoms with van der Waals surface area (Å²) in [5.41, 5.74) is 1.46. The Labute approximate surface area is 158 Å². The second-order valence-electron chi connectivity index (χ2n) is 8.44. The maximum Gasteiger partial charge on any atom is 0.0623 e. The molecule has 2 heterocycles. The minimum Gasteiger partial charge on any atom is -0.379 e. The predicted octanol–water partition coefficient (Wildman–Crippen LogP) is 2.30. The number of rotatable bonds is 7. The van der Waals surface area contributed by atoms with Gasteiger partial charge in [-0.2, -0.15) is 0 Å². The number of morpholine rings is 1. The molecule has 3 aliphatic rings. The molecule has 0 amide bonds. The Bertz CT molecular complexity index is 531. The molecule has 2 aliphatic heterocycles. The van der Waals surface area contributed by atoms with Crippen molar-refractivity contribution in [3.63, 3.8) is 0 Å². The summed E-state index contributed by atoms with van der Waals surface area (Å²) in [5.74, 6) is 1.58. The van der Waals surface area contributed by atoms with Gasteiger partial charge in [-0.1, -0.05) is 36.8 Å². The van der Waals surface area contributed by atoms with Crippen LogP contribution in [0.5, 0.6) is 0 Å². The molecule has 4 rings (SSSR count). The summed E-state index contributed by atoms with van der Waals surface area (Å²) in [7, 11) is 0. The number of ether oxygens (including phenoxy) is 1. The van der Waals surface area contributed by atoms with Crippen molar-refractivity contribution >= 4 is 0 Å². The molecular formula is C22H35N3O. The normalized spacial score (nSPS) is 32.9. The molecule has 1 aromatic rings. The number of likely N-dealkylation sites (tertiary alicyclic amines) is 1. The second kappa shape index (κ2) is 9.32. The second-order valence-corrected chi connectivity index (χ2v) is 8.44. The third kappa shape index (κ3) is 4.86. The van der Waals surface area contributed by atoms with E-state index in [-0.39, 0.29) is 0 Å². The van der Waals surface area contributed by atoms with Gasteiger partial charge in [-0.25, -0.2) is 0 Å². The fraction of sp³-hybridized carbons (Fsp3) is 0.727. The Morgan fingerprint density at radius 3 is 2.92 bits per heavy atom. The first kappa shape index (κ1) is 18.4. The van der Waals surface area contributed by atoms with E-state index in [0.717, 1.165) is 31.6 Å². The van der Waals surface area contributed by atoms with Gasteiger partial charge in [0.25, 0.3) is 0 Å². The molecule has 0 radical (unpaired) electrons. The van der Waals surface area contributed by atoms with Crippen LogP contribution in [0.25, 0.3) is 0 Å². The average molecular weight is 358 g/mol. The summed E-state index contributed by atoms with van der Waals surface area (Å²) in [6.07, 6.45) is 6.59. The number of nitrogens with one attached hydrogen (secondary N) is 2. The van der Waals surface area contributed by atoms with E-state index in [1.807, 2.05) is 0 Å². The number of hydrogen-bond donors (Lipinski definition) is 2. The Morgan fingerprint density at radius 2 is 2.08 bits per heavy atom. The van der Waals surface area contributed by atoms with Crippen molar-refractivity contribution in [3.8, 4) is 0 Å². The third-order valence-electron chi connectivity index (χ3n) is 6.63. The molecule has 2 saturated heterocycles. The molecule has 4 heteroatoms. The molecule has 1 aromatic carbocycles. The maximum atomic E-state index is 5.70. The van der Waals surface area contributed by atoms with E-state index in [9.17, 15) is 0 Å². The lowest BCUT2D eigenvalue weighted by atomic mass is 9.93. The zero-order valence-corrected chi connectivity index (χ0v) is 16.0. The molecule has 26 heavy (non-hydrogen) atoms. The van der Waals surface area contributed by atoms with Crippen molar-refractivity contribution in [3.05, 3.63) is 35.9 Å². The molecule has 144 valence electrons. The van der Waals surface area contributed by atoms with Crippen LogP contribution in [0, 0.1) is 11.8 Å². The first-order chi connectivity index (χ1) is 12.9. The van der Waals surface area contributed by atoms with Gasteiger partial charge in [-0.15, -0.1) is 0 Å². The van der Waals surface area contributed by atoms with Gasteiger partial charge in [-0.3, -0.25) is 0 Å². The van der Waals surface area contributed by atoms with Gasteiger partial charge in [-0.05, 0) is 56.2 Å². The molecule has 1 saturated carbocycles. The van der Waals surface area contributed by atoms with Gasteiger partial charge in [0.15, 0.2) is 0 Å². The van der Waals surface area contributed by atoms with Crippen LogP contribution >= 0.6 is 0 Å². The van der Waals surface area contributed by atoms with Crippen LogP contribution < -0.4 is 10.6 Å². The standard InChI is InChI=1S/C22H35N3O/c1-2-5-18(6-3-1)9-12-25-13-10-19(16-25)15-24-21-8-4-7-20(21)22-17-26-14-11-23-22/h1-3,5-6,19-24H,4,7-17H2. The van der Waals surface area contributed by atoms with E-state index in [1.54, 1.807) is 0 Å². The van der Waals surface area contributed by atoms with E-state index in [1.165, 1.54) is 63.8 Å². The lowest BCUT2D eigenvalue weighted by molar-refractivity contribution is 0.0523. The number of nitrogens with zero attached hydrogens (tertiary/aromatic N) is 1.